The van der Waals surface area contributed by atoms with Crippen LogP contribution >= 0.6 is 0 Å². The van der Waals surface area contributed by atoms with Crippen molar-refractivity contribution in [2.75, 3.05) is 0 Å². The standard InChI is InChI=1S/C27H38N2O5Si/c1-17(2)35(18(3)4,25-28-12-11-13-29-25)22-20(33-23(31)26(5,6)7)14-19(16-30)15-21(22)34-24(32)27(8,9)10/h11-18H,1-10H3. The van der Waals surface area contributed by atoms with Crippen LogP contribution in [0.3, 0.4) is 0 Å². The van der Waals surface area contributed by atoms with Crippen LogP contribution in [0.5, 0.6) is 11.5 Å². The summed E-state index contributed by atoms with van der Waals surface area (Å²) in [6, 6.07) is 4.85. The number of esters is 2. The van der Waals surface area contributed by atoms with Crippen molar-refractivity contribution in [3.63, 3.8) is 0 Å². The number of hydrogen-bond donors (Lipinski definition) is 0. The summed E-state index contributed by atoms with van der Waals surface area (Å²) in [5, 5.41) is 0.606. The molecule has 8 heteroatoms. The van der Waals surface area contributed by atoms with E-state index in [1.807, 2.05) is 0 Å². The number of hydrogen-bond acceptors (Lipinski definition) is 7. The lowest BCUT2D eigenvalue weighted by atomic mass is 9.97. The van der Waals surface area contributed by atoms with Gasteiger partial charge in [-0.15, -0.1) is 0 Å². The molecule has 0 unspecified atom stereocenters. The van der Waals surface area contributed by atoms with E-state index in [4.69, 9.17) is 9.47 Å². The molecule has 0 N–H and O–H groups in total. The van der Waals surface area contributed by atoms with Gasteiger partial charge in [0, 0.05) is 23.1 Å². The summed E-state index contributed by atoms with van der Waals surface area (Å²) in [4.78, 5) is 47.3. The molecular weight excluding hydrogens is 460 g/mol. The summed E-state index contributed by atoms with van der Waals surface area (Å²) in [5.41, 5.74) is -0.631. The highest BCUT2D eigenvalue weighted by Gasteiger charge is 2.51. The van der Waals surface area contributed by atoms with Crippen molar-refractivity contribution in [3.05, 3.63) is 36.2 Å². The molecule has 0 atom stereocenters. The Morgan fingerprint density at radius 2 is 1.23 bits per heavy atom. The van der Waals surface area contributed by atoms with Gasteiger partial charge in [-0.3, -0.25) is 14.4 Å². The predicted octanol–water partition coefficient (Wildman–Crippen LogP) is 4.58. The number of carbonyl (C=O) groups excluding carboxylic acids is 3. The van der Waals surface area contributed by atoms with Crippen molar-refractivity contribution in [3.8, 4) is 11.5 Å². The molecule has 0 spiro atoms. The van der Waals surface area contributed by atoms with E-state index in [1.165, 1.54) is 0 Å². The molecule has 0 radical (unpaired) electrons. The third-order valence-electron chi connectivity index (χ3n) is 6.03. The molecule has 35 heavy (non-hydrogen) atoms. The van der Waals surface area contributed by atoms with Gasteiger partial charge < -0.3 is 9.47 Å². The minimum atomic E-state index is -2.97. The highest BCUT2D eigenvalue weighted by Crippen LogP contribution is 2.38. The molecule has 0 amide bonds. The fraction of sp³-hybridized carbons (Fsp3) is 0.519. The first kappa shape index (κ1) is 28.4. The van der Waals surface area contributed by atoms with Crippen molar-refractivity contribution in [2.24, 2.45) is 10.8 Å². The summed E-state index contributed by atoms with van der Waals surface area (Å²) in [5.74, 6) is -0.487. The Bertz CT molecular complexity index is 1030. The third kappa shape index (κ3) is 5.86. The fourth-order valence-corrected chi connectivity index (χ4v) is 9.52. The van der Waals surface area contributed by atoms with Gasteiger partial charge in [-0.25, -0.2) is 9.97 Å². The average Bonchev–Trinajstić information content (AvgIpc) is 2.74. The molecule has 0 fully saturated rings. The number of carbonyl (C=O) groups is 3. The Balaban J connectivity index is 3.05. The van der Waals surface area contributed by atoms with Gasteiger partial charge in [0.15, 0.2) is 8.07 Å². The van der Waals surface area contributed by atoms with Gasteiger partial charge in [-0.05, 0) is 70.8 Å². The molecule has 7 nitrogen and oxygen atoms in total. The third-order valence-corrected chi connectivity index (χ3v) is 12.0. The number of aldehydes is 1. The van der Waals surface area contributed by atoms with Crippen LogP contribution in [0.4, 0.5) is 0 Å². The molecular formula is C27H38N2O5Si. The molecule has 0 aliphatic rings. The topological polar surface area (TPSA) is 95.5 Å². The monoisotopic (exact) mass is 498 g/mol. The first-order valence-corrected chi connectivity index (χ1v) is 14.1. The number of nitrogens with zero attached hydrogens (tertiary/aromatic N) is 2. The van der Waals surface area contributed by atoms with E-state index in [9.17, 15) is 14.4 Å². The average molecular weight is 499 g/mol. The molecule has 0 saturated carbocycles. The number of aromatic nitrogens is 2. The van der Waals surface area contributed by atoms with Crippen LogP contribution in [0.1, 0.15) is 79.6 Å². The van der Waals surface area contributed by atoms with Gasteiger partial charge in [0.05, 0.1) is 10.8 Å². The van der Waals surface area contributed by atoms with E-state index in [2.05, 4.69) is 37.7 Å². The van der Waals surface area contributed by atoms with Gasteiger partial charge in [-0.2, -0.15) is 0 Å². The molecule has 0 bridgehead atoms. The van der Waals surface area contributed by atoms with Crippen molar-refractivity contribution in [1.29, 1.82) is 0 Å². The highest BCUT2D eigenvalue weighted by molar-refractivity contribution is 7.04. The summed E-state index contributed by atoms with van der Waals surface area (Å²) < 4.78 is 12.0. The zero-order valence-corrected chi connectivity index (χ0v) is 23.6. The maximum atomic E-state index is 13.0. The lowest BCUT2D eigenvalue weighted by Crippen LogP contribution is -2.65. The van der Waals surface area contributed by atoms with E-state index < -0.39 is 30.8 Å². The largest absolute Gasteiger partial charge is 0.426 e. The predicted molar refractivity (Wildman–Crippen MR) is 139 cm³/mol. The second kappa shape index (κ2) is 10.4. The molecule has 0 saturated heterocycles. The van der Waals surface area contributed by atoms with Crippen LogP contribution in [-0.4, -0.2) is 36.3 Å². The van der Waals surface area contributed by atoms with E-state index in [-0.39, 0.29) is 28.1 Å². The van der Waals surface area contributed by atoms with Crippen molar-refractivity contribution < 1.29 is 23.9 Å². The maximum absolute atomic E-state index is 13.0. The first-order chi connectivity index (χ1) is 16.1. The van der Waals surface area contributed by atoms with Crippen LogP contribution in [0.15, 0.2) is 30.6 Å². The summed E-state index contributed by atoms with van der Waals surface area (Å²) in [7, 11) is -2.97. The SMILES string of the molecule is CC(C)[Si](c1ncccn1)(c1c(OC(=O)C(C)(C)C)cc(C=O)cc1OC(=O)C(C)(C)C)C(C)C. The van der Waals surface area contributed by atoms with Gasteiger partial charge in [-0.1, -0.05) is 27.7 Å². The first-order valence-electron chi connectivity index (χ1n) is 11.9. The molecule has 190 valence electrons. The summed E-state index contributed by atoms with van der Waals surface area (Å²) in [6.07, 6.45) is 4.03. The van der Waals surface area contributed by atoms with E-state index in [1.54, 1.807) is 72.1 Å². The van der Waals surface area contributed by atoms with E-state index in [0.717, 1.165) is 0 Å². The fourth-order valence-electron chi connectivity index (χ4n) is 4.14. The Labute approximate surface area is 209 Å². The van der Waals surface area contributed by atoms with Gasteiger partial charge in [0.1, 0.15) is 23.2 Å². The Kier molecular flexibility index (Phi) is 8.43. The Hall–Kier alpha value is -2.87. The molecule has 1 aromatic carbocycles. The number of rotatable bonds is 7. The van der Waals surface area contributed by atoms with E-state index in [0.29, 0.717) is 16.9 Å². The van der Waals surface area contributed by atoms with Gasteiger partial charge >= 0.3 is 11.9 Å². The number of benzene rings is 1. The quantitative estimate of drug-likeness (QED) is 0.239. The molecule has 0 aliphatic heterocycles. The Morgan fingerprint density at radius 1 is 0.829 bits per heavy atom. The smallest absolute Gasteiger partial charge is 0.316 e. The zero-order valence-electron chi connectivity index (χ0n) is 22.6. The number of ether oxygens (including phenoxy) is 2. The van der Waals surface area contributed by atoms with Crippen LogP contribution in [0.2, 0.25) is 11.1 Å². The summed E-state index contributed by atoms with van der Waals surface area (Å²) >= 11 is 0. The van der Waals surface area contributed by atoms with Crippen molar-refractivity contribution >= 4 is 36.9 Å². The van der Waals surface area contributed by atoms with Crippen LogP contribution < -0.4 is 20.1 Å². The summed E-state index contributed by atoms with van der Waals surface area (Å²) in [6.45, 7) is 18.9. The lowest BCUT2D eigenvalue weighted by Gasteiger charge is -2.39. The zero-order chi connectivity index (χ0) is 26.8. The molecule has 0 aliphatic carbocycles. The highest BCUT2D eigenvalue weighted by atomic mass is 28.3. The lowest BCUT2D eigenvalue weighted by molar-refractivity contribution is -0.143. The van der Waals surface area contributed by atoms with Crippen LogP contribution in [0.25, 0.3) is 0 Å². The second-order valence-corrected chi connectivity index (χ2v) is 16.5. The van der Waals surface area contributed by atoms with Crippen molar-refractivity contribution in [2.45, 2.75) is 80.3 Å². The van der Waals surface area contributed by atoms with E-state index >= 15 is 0 Å². The molecule has 1 aromatic heterocycles. The maximum Gasteiger partial charge on any atom is 0.316 e. The van der Waals surface area contributed by atoms with Crippen molar-refractivity contribution in [1.82, 2.24) is 9.97 Å². The normalized spacial score (nSPS) is 12.6. The van der Waals surface area contributed by atoms with Crippen LogP contribution in [-0.2, 0) is 9.59 Å². The minimum Gasteiger partial charge on any atom is -0.426 e. The Morgan fingerprint density at radius 3 is 1.54 bits per heavy atom. The molecule has 1 heterocycles. The molecule has 2 aromatic rings. The van der Waals surface area contributed by atoms with Crippen LogP contribution in [0, 0.1) is 10.8 Å². The molecule has 2 rings (SSSR count). The van der Waals surface area contributed by atoms with Gasteiger partial charge in [0.25, 0.3) is 0 Å². The van der Waals surface area contributed by atoms with Gasteiger partial charge in [0.2, 0.25) is 0 Å². The minimum absolute atomic E-state index is 0.0335. The second-order valence-electron chi connectivity index (χ2n) is 11.5.